The van der Waals surface area contributed by atoms with Gasteiger partial charge in [-0.3, -0.25) is 9.78 Å². The van der Waals surface area contributed by atoms with E-state index in [0.29, 0.717) is 37.7 Å². The minimum atomic E-state index is 0.103. The quantitative estimate of drug-likeness (QED) is 0.636. The van der Waals surface area contributed by atoms with Crippen LogP contribution >= 0.6 is 0 Å². The summed E-state index contributed by atoms with van der Waals surface area (Å²) in [5.74, 6) is 1.84. The molecule has 0 N–H and O–H groups in total. The number of ether oxygens (including phenoxy) is 1. The van der Waals surface area contributed by atoms with Crippen LogP contribution in [0.1, 0.15) is 12.3 Å². The van der Waals surface area contributed by atoms with Gasteiger partial charge in [0.2, 0.25) is 17.7 Å². The van der Waals surface area contributed by atoms with E-state index in [4.69, 9.17) is 9.15 Å². The second-order valence-electron chi connectivity index (χ2n) is 6.78. The first-order valence-electron chi connectivity index (χ1n) is 9.63. The summed E-state index contributed by atoms with van der Waals surface area (Å²) in [4.78, 5) is 20.8. The summed E-state index contributed by atoms with van der Waals surface area (Å²) in [5.41, 5.74) is 1.83. The highest BCUT2D eigenvalue weighted by Gasteiger charge is 2.23. The predicted molar refractivity (Wildman–Crippen MR) is 108 cm³/mol. The third-order valence-corrected chi connectivity index (χ3v) is 4.99. The van der Waals surface area contributed by atoms with Crippen molar-refractivity contribution in [1.29, 1.82) is 0 Å². The Labute approximate surface area is 169 Å². The van der Waals surface area contributed by atoms with Gasteiger partial charge in [-0.1, -0.05) is 12.1 Å². The van der Waals surface area contributed by atoms with Gasteiger partial charge in [-0.15, -0.1) is 10.2 Å². The molecule has 2 aromatic heterocycles. The predicted octanol–water partition coefficient (Wildman–Crippen LogP) is 2.42. The van der Waals surface area contributed by atoms with E-state index in [1.165, 1.54) is 0 Å². The van der Waals surface area contributed by atoms with E-state index in [0.717, 1.165) is 30.1 Å². The van der Waals surface area contributed by atoms with Crippen LogP contribution in [0.5, 0.6) is 5.75 Å². The summed E-state index contributed by atoms with van der Waals surface area (Å²) >= 11 is 0. The molecule has 0 atom stereocenters. The van der Waals surface area contributed by atoms with Crippen molar-refractivity contribution in [2.45, 2.75) is 12.8 Å². The lowest BCUT2D eigenvalue weighted by Gasteiger charge is -2.36. The number of pyridine rings is 1. The Balaban J connectivity index is 1.29. The fourth-order valence-electron chi connectivity index (χ4n) is 3.42. The Kier molecular flexibility index (Phi) is 5.69. The summed E-state index contributed by atoms with van der Waals surface area (Å²) in [5, 5.41) is 8.08. The molecule has 0 spiro atoms. The average molecular weight is 393 g/mol. The summed E-state index contributed by atoms with van der Waals surface area (Å²) in [6, 6.07) is 11.6. The highest BCUT2D eigenvalue weighted by Crippen LogP contribution is 2.28. The van der Waals surface area contributed by atoms with Gasteiger partial charge in [0.25, 0.3) is 0 Å². The van der Waals surface area contributed by atoms with Crippen molar-refractivity contribution in [3.05, 3.63) is 54.7 Å². The van der Waals surface area contributed by atoms with Gasteiger partial charge in [-0.2, -0.15) is 0 Å². The third-order valence-electron chi connectivity index (χ3n) is 4.99. The largest absolute Gasteiger partial charge is 0.495 e. The molecule has 1 fully saturated rings. The topological polar surface area (TPSA) is 84.6 Å². The van der Waals surface area contributed by atoms with E-state index in [9.17, 15) is 4.79 Å². The highest BCUT2D eigenvalue weighted by atomic mass is 16.5. The normalized spacial score (nSPS) is 14.1. The van der Waals surface area contributed by atoms with Crippen LogP contribution < -0.4 is 9.64 Å². The van der Waals surface area contributed by atoms with Crippen molar-refractivity contribution in [3.63, 3.8) is 0 Å². The number of para-hydroxylation sites is 2. The smallest absolute Gasteiger partial charge is 0.249 e. The lowest BCUT2D eigenvalue weighted by Crippen LogP contribution is -2.48. The second-order valence-corrected chi connectivity index (χ2v) is 6.78. The van der Waals surface area contributed by atoms with Crippen molar-refractivity contribution in [3.8, 4) is 17.2 Å². The van der Waals surface area contributed by atoms with Crippen LogP contribution in [0.3, 0.4) is 0 Å². The summed E-state index contributed by atoms with van der Waals surface area (Å²) in [6.07, 6.45) is 4.14. The molecular weight excluding hydrogens is 370 g/mol. The maximum absolute atomic E-state index is 12.6. The Bertz CT molecular complexity index is 952. The van der Waals surface area contributed by atoms with Crippen molar-refractivity contribution in [1.82, 2.24) is 20.1 Å². The van der Waals surface area contributed by atoms with Crippen molar-refractivity contribution in [2.24, 2.45) is 0 Å². The van der Waals surface area contributed by atoms with Crippen molar-refractivity contribution in [2.75, 3.05) is 38.2 Å². The van der Waals surface area contributed by atoms with Gasteiger partial charge in [0.15, 0.2) is 0 Å². The Morgan fingerprint density at radius 2 is 1.93 bits per heavy atom. The van der Waals surface area contributed by atoms with Gasteiger partial charge in [0.1, 0.15) is 5.75 Å². The molecule has 4 rings (SSSR count). The molecule has 0 bridgehead atoms. The standard InChI is InChI=1S/C21H23N5O3/c1-28-18-7-3-2-6-17(18)25-11-13-26(14-12-25)20(27)9-8-19-23-24-21(29-19)16-5-4-10-22-15-16/h2-7,10,15H,8-9,11-14H2,1H3. The number of nitrogens with zero attached hydrogens (tertiary/aromatic N) is 5. The van der Waals surface area contributed by atoms with Crippen molar-refractivity contribution >= 4 is 11.6 Å². The lowest BCUT2D eigenvalue weighted by atomic mass is 10.2. The number of anilines is 1. The molecule has 0 saturated carbocycles. The Morgan fingerprint density at radius 1 is 1.10 bits per heavy atom. The van der Waals surface area contributed by atoms with Crippen LogP contribution in [0.4, 0.5) is 5.69 Å². The monoisotopic (exact) mass is 393 g/mol. The maximum Gasteiger partial charge on any atom is 0.249 e. The first-order chi connectivity index (χ1) is 14.2. The van der Waals surface area contributed by atoms with Crippen molar-refractivity contribution < 1.29 is 13.9 Å². The number of rotatable bonds is 6. The molecule has 8 nitrogen and oxygen atoms in total. The minimum absolute atomic E-state index is 0.103. The first kappa shape index (κ1) is 18.9. The molecule has 1 aliphatic rings. The molecule has 0 radical (unpaired) electrons. The number of aromatic nitrogens is 3. The molecule has 1 saturated heterocycles. The Morgan fingerprint density at radius 3 is 2.69 bits per heavy atom. The average Bonchev–Trinajstić information content (AvgIpc) is 3.27. The molecular formula is C21H23N5O3. The molecule has 0 aliphatic carbocycles. The number of carbonyl (C=O) groups is 1. The zero-order valence-electron chi connectivity index (χ0n) is 16.3. The number of amides is 1. The van der Waals surface area contributed by atoms with Crippen LogP contribution in [0.25, 0.3) is 11.5 Å². The van der Waals surface area contributed by atoms with E-state index < -0.39 is 0 Å². The molecule has 1 aliphatic heterocycles. The number of aryl methyl sites for hydroxylation is 1. The lowest BCUT2D eigenvalue weighted by molar-refractivity contribution is -0.131. The molecule has 1 amide bonds. The molecule has 150 valence electrons. The number of benzene rings is 1. The number of hydrogen-bond acceptors (Lipinski definition) is 7. The SMILES string of the molecule is COc1ccccc1N1CCN(C(=O)CCc2nnc(-c3cccnc3)o2)CC1. The van der Waals surface area contributed by atoms with Gasteiger partial charge in [0, 0.05) is 51.4 Å². The maximum atomic E-state index is 12.6. The van der Waals surface area contributed by atoms with E-state index in [1.54, 1.807) is 19.5 Å². The van der Waals surface area contributed by atoms with E-state index >= 15 is 0 Å². The van der Waals surface area contributed by atoms with Gasteiger partial charge < -0.3 is 19.0 Å². The van der Waals surface area contributed by atoms with E-state index in [2.05, 4.69) is 20.1 Å². The van der Waals surface area contributed by atoms with E-state index in [-0.39, 0.29) is 5.91 Å². The van der Waals surface area contributed by atoms with Crippen LogP contribution in [0.15, 0.2) is 53.2 Å². The molecule has 3 heterocycles. The fourth-order valence-corrected chi connectivity index (χ4v) is 3.42. The van der Waals surface area contributed by atoms with Crippen LogP contribution in [-0.2, 0) is 11.2 Å². The summed E-state index contributed by atoms with van der Waals surface area (Å²) in [7, 11) is 1.68. The number of carbonyl (C=O) groups excluding carboxylic acids is 1. The fraction of sp³-hybridized carbons (Fsp3) is 0.333. The van der Waals surface area contributed by atoms with Gasteiger partial charge in [-0.05, 0) is 24.3 Å². The number of hydrogen-bond donors (Lipinski definition) is 0. The van der Waals surface area contributed by atoms with Gasteiger partial charge in [0.05, 0.1) is 18.4 Å². The number of piperazine rings is 1. The third kappa shape index (κ3) is 4.37. The van der Waals surface area contributed by atoms with Crippen LogP contribution in [0.2, 0.25) is 0 Å². The number of methoxy groups -OCH3 is 1. The second kappa shape index (κ2) is 8.72. The zero-order chi connectivity index (χ0) is 20.1. The highest BCUT2D eigenvalue weighted by molar-refractivity contribution is 5.76. The Hall–Kier alpha value is -3.42. The molecule has 8 heteroatoms. The summed E-state index contributed by atoms with van der Waals surface area (Å²) in [6.45, 7) is 2.92. The first-order valence-corrected chi connectivity index (χ1v) is 9.63. The van der Waals surface area contributed by atoms with Crippen LogP contribution in [0, 0.1) is 0 Å². The van der Waals surface area contributed by atoms with Crippen LogP contribution in [-0.4, -0.2) is 59.3 Å². The van der Waals surface area contributed by atoms with Gasteiger partial charge in [-0.25, -0.2) is 0 Å². The minimum Gasteiger partial charge on any atom is -0.495 e. The van der Waals surface area contributed by atoms with Gasteiger partial charge >= 0.3 is 0 Å². The molecule has 1 aromatic carbocycles. The zero-order valence-corrected chi connectivity index (χ0v) is 16.3. The molecule has 0 unspecified atom stereocenters. The summed E-state index contributed by atoms with van der Waals surface area (Å²) < 4.78 is 11.1. The molecule has 29 heavy (non-hydrogen) atoms. The molecule has 3 aromatic rings. The van der Waals surface area contributed by atoms with E-state index in [1.807, 2.05) is 41.3 Å².